The van der Waals surface area contributed by atoms with E-state index in [9.17, 15) is 4.79 Å². The van der Waals surface area contributed by atoms with Crippen molar-refractivity contribution in [2.75, 3.05) is 4.90 Å². The van der Waals surface area contributed by atoms with Crippen molar-refractivity contribution in [3.63, 3.8) is 0 Å². The van der Waals surface area contributed by atoms with Crippen LogP contribution in [0.4, 0.5) is 5.69 Å². The van der Waals surface area contributed by atoms with Gasteiger partial charge in [-0.15, -0.1) is 0 Å². The van der Waals surface area contributed by atoms with Gasteiger partial charge in [0.25, 0.3) is 0 Å². The van der Waals surface area contributed by atoms with Crippen LogP contribution >= 0.6 is 0 Å². The third-order valence-electron chi connectivity index (χ3n) is 7.86. The summed E-state index contributed by atoms with van der Waals surface area (Å²) in [6.45, 7) is 0. The maximum absolute atomic E-state index is 14.8. The van der Waals surface area contributed by atoms with Crippen LogP contribution in [0, 0.1) is 0 Å². The molecule has 3 heteroatoms. The highest BCUT2D eigenvalue weighted by atomic mass is 16.1. The van der Waals surface area contributed by atoms with Crippen molar-refractivity contribution in [2.45, 2.75) is 6.04 Å². The summed E-state index contributed by atoms with van der Waals surface area (Å²) < 4.78 is 2.31. The first-order valence-electron chi connectivity index (χ1n) is 13.6. The Labute approximate surface area is 234 Å². The van der Waals surface area contributed by atoms with E-state index in [1.807, 2.05) is 72.8 Å². The minimum Gasteiger partial charge on any atom is -0.345 e. The molecule has 1 aliphatic rings. The van der Waals surface area contributed by atoms with Crippen LogP contribution in [-0.4, -0.2) is 10.4 Å². The molecule has 0 saturated heterocycles. The number of para-hydroxylation sites is 2. The second-order valence-electron chi connectivity index (χ2n) is 10.1. The largest absolute Gasteiger partial charge is 0.345 e. The van der Waals surface area contributed by atoms with Crippen molar-refractivity contribution in [2.24, 2.45) is 7.05 Å². The van der Waals surface area contributed by atoms with Crippen LogP contribution in [0.2, 0.25) is 0 Å². The Morgan fingerprint density at radius 2 is 1.18 bits per heavy atom. The van der Waals surface area contributed by atoms with E-state index in [1.54, 1.807) is 0 Å². The highest BCUT2D eigenvalue weighted by Crippen LogP contribution is 2.50. The number of aromatic nitrogens is 1. The molecule has 0 unspecified atom stereocenters. The monoisotopic (exact) mass is 516 g/mol. The predicted molar refractivity (Wildman–Crippen MR) is 163 cm³/mol. The number of Topliss-reactive ketones (excluding diaryl/α,β-unsaturated/α-hetero) is 1. The Bertz CT molecular complexity index is 1850. The number of allylic oxidation sites excluding steroid dienone is 1. The highest BCUT2D eigenvalue weighted by molar-refractivity contribution is 6.20. The van der Waals surface area contributed by atoms with Crippen LogP contribution in [0.1, 0.15) is 38.8 Å². The van der Waals surface area contributed by atoms with Gasteiger partial charge in [0.05, 0.1) is 11.4 Å². The van der Waals surface area contributed by atoms with Gasteiger partial charge in [-0.3, -0.25) is 4.79 Å². The maximum Gasteiger partial charge on any atom is 0.210 e. The summed E-state index contributed by atoms with van der Waals surface area (Å²) in [7, 11) is 2.15. The van der Waals surface area contributed by atoms with Gasteiger partial charge in [0.1, 0.15) is 6.04 Å². The van der Waals surface area contributed by atoms with E-state index in [2.05, 4.69) is 89.3 Å². The molecule has 0 saturated carbocycles. The van der Waals surface area contributed by atoms with Gasteiger partial charge in [-0.2, -0.15) is 0 Å². The topological polar surface area (TPSA) is 25.2 Å². The summed E-state index contributed by atoms with van der Waals surface area (Å²) in [4.78, 5) is 17.0. The van der Waals surface area contributed by atoms with Crippen LogP contribution < -0.4 is 4.90 Å². The van der Waals surface area contributed by atoms with E-state index in [1.165, 1.54) is 5.69 Å². The van der Waals surface area contributed by atoms with Crippen molar-refractivity contribution in [1.82, 2.24) is 4.57 Å². The molecule has 5 aromatic carbocycles. The Balaban J connectivity index is 1.68. The SMILES string of the molecule is Cn1c2c(c3ccccc31)C(c1ccccc1)=C(C(=O)c1ccccc1)N(c1ccccc1)[C@H]2c1ccccc1. The van der Waals surface area contributed by atoms with Gasteiger partial charge in [0, 0.05) is 40.3 Å². The van der Waals surface area contributed by atoms with Crippen molar-refractivity contribution in [3.8, 4) is 0 Å². The smallest absolute Gasteiger partial charge is 0.210 e. The number of anilines is 1. The number of aryl methyl sites for hydroxylation is 1. The van der Waals surface area contributed by atoms with Crippen LogP contribution in [0.15, 0.2) is 151 Å². The van der Waals surface area contributed by atoms with Crippen LogP contribution in [0.3, 0.4) is 0 Å². The van der Waals surface area contributed by atoms with E-state index >= 15 is 0 Å². The Hall–Kier alpha value is -5.15. The number of benzene rings is 5. The number of hydrogen-bond donors (Lipinski definition) is 0. The van der Waals surface area contributed by atoms with Crippen molar-refractivity contribution >= 4 is 27.9 Å². The molecule has 1 aliphatic heterocycles. The van der Waals surface area contributed by atoms with Gasteiger partial charge < -0.3 is 9.47 Å². The number of carbonyl (C=O) groups excluding carboxylic acids is 1. The summed E-state index contributed by atoms with van der Waals surface area (Å²) in [6, 6.07) is 49.2. The molecule has 0 amide bonds. The molecular weight excluding hydrogens is 488 g/mol. The zero-order valence-electron chi connectivity index (χ0n) is 22.2. The molecule has 192 valence electrons. The summed E-state index contributed by atoms with van der Waals surface area (Å²) in [6.07, 6.45) is 0. The van der Waals surface area contributed by atoms with Gasteiger partial charge in [-0.25, -0.2) is 0 Å². The fraction of sp³-hybridized carbons (Fsp3) is 0.0541. The fourth-order valence-corrected chi connectivity index (χ4v) is 6.13. The Morgan fingerprint density at radius 1 is 0.625 bits per heavy atom. The molecule has 2 heterocycles. The van der Waals surface area contributed by atoms with E-state index in [0.717, 1.165) is 38.9 Å². The summed E-state index contributed by atoms with van der Waals surface area (Å²) in [5, 5.41) is 1.14. The number of hydrogen-bond acceptors (Lipinski definition) is 2. The van der Waals surface area contributed by atoms with Gasteiger partial charge >= 0.3 is 0 Å². The van der Waals surface area contributed by atoms with Crippen molar-refractivity contribution < 1.29 is 4.79 Å². The Kier molecular flexibility index (Phi) is 5.90. The standard InChI is InChI=1S/C37H28N2O/c1-38-31-25-15-14-24-30(31)33-32(26-16-6-2-7-17-26)36(37(40)28-20-10-4-11-21-28)39(29-22-12-5-13-23-29)34(35(33)38)27-18-8-3-9-19-27/h2-25,34H,1H3/t34-/m0/s1. The van der Waals surface area contributed by atoms with E-state index < -0.39 is 0 Å². The van der Waals surface area contributed by atoms with Gasteiger partial charge in [0.2, 0.25) is 5.78 Å². The second-order valence-corrected chi connectivity index (χ2v) is 10.1. The molecule has 6 aromatic rings. The first-order chi connectivity index (χ1) is 19.7. The van der Waals surface area contributed by atoms with Gasteiger partial charge in [-0.1, -0.05) is 127 Å². The molecule has 40 heavy (non-hydrogen) atoms. The van der Waals surface area contributed by atoms with Crippen LogP contribution in [0.25, 0.3) is 16.5 Å². The summed E-state index contributed by atoms with van der Waals surface area (Å²) in [5.74, 6) is 0.00261. The number of nitrogens with zero attached hydrogens (tertiary/aromatic N) is 2. The van der Waals surface area contributed by atoms with Gasteiger partial charge in [0.15, 0.2) is 0 Å². The van der Waals surface area contributed by atoms with Crippen molar-refractivity contribution in [1.29, 1.82) is 0 Å². The Morgan fingerprint density at radius 3 is 1.85 bits per heavy atom. The molecule has 0 N–H and O–H groups in total. The first kappa shape index (κ1) is 23.9. The molecule has 0 fully saturated rings. The van der Waals surface area contributed by atoms with Crippen molar-refractivity contribution in [3.05, 3.63) is 179 Å². The molecule has 0 radical (unpaired) electrons. The summed E-state index contributed by atoms with van der Waals surface area (Å²) in [5.41, 5.74) is 8.85. The molecule has 0 bridgehead atoms. The average Bonchev–Trinajstić information content (AvgIpc) is 3.33. The minimum atomic E-state index is -0.217. The molecule has 3 nitrogen and oxygen atoms in total. The molecule has 0 spiro atoms. The zero-order valence-corrected chi connectivity index (χ0v) is 22.2. The number of carbonyl (C=O) groups is 1. The molecule has 1 atom stereocenters. The lowest BCUT2D eigenvalue weighted by molar-refractivity contribution is 0.103. The lowest BCUT2D eigenvalue weighted by Gasteiger charge is -2.41. The lowest BCUT2D eigenvalue weighted by Crippen LogP contribution is -2.38. The molecular formula is C37H28N2O. The third kappa shape index (κ3) is 3.78. The van der Waals surface area contributed by atoms with Crippen LogP contribution in [-0.2, 0) is 7.05 Å². The highest BCUT2D eigenvalue weighted by Gasteiger charge is 2.41. The van der Waals surface area contributed by atoms with Gasteiger partial charge in [-0.05, 0) is 29.3 Å². The molecule has 1 aromatic heterocycles. The van der Waals surface area contributed by atoms with E-state index in [4.69, 9.17) is 0 Å². The number of fused-ring (bicyclic) bond motifs is 3. The lowest BCUT2D eigenvalue weighted by atomic mass is 9.82. The first-order valence-corrected chi connectivity index (χ1v) is 13.6. The second kappa shape index (κ2) is 9.87. The minimum absolute atomic E-state index is 0.00261. The van der Waals surface area contributed by atoms with Crippen LogP contribution in [0.5, 0.6) is 0 Å². The third-order valence-corrected chi connectivity index (χ3v) is 7.86. The fourth-order valence-electron chi connectivity index (χ4n) is 6.13. The molecule has 7 rings (SSSR count). The zero-order chi connectivity index (χ0) is 27.1. The average molecular weight is 517 g/mol. The predicted octanol–water partition coefficient (Wildman–Crippen LogP) is 8.43. The quantitative estimate of drug-likeness (QED) is 0.215. The normalized spacial score (nSPS) is 14.8. The van der Waals surface area contributed by atoms with E-state index in [-0.39, 0.29) is 11.8 Å². The molecule has 0 aliphatic carbocycles. The number of ketones is 1. The maximum atomic E-state index is 14.8. The summed E-state index contributed by atoms with van der Waals surface area (Å²) >= 11 is 0. The van der Waals surface area contributed by atoms with E-state index in [0.29, 0.717) is 11.3 Å². The number of rotatable bonds is 5.